The van der Waals surface area contributed by atoms with Crippen molar-refractivity contribution in [3.05, 3.63) is 0 Å². The van der Waals surface area contributed by atoms with Crippen LogP contribution in [0.4, 0.5) is 3.89 Å². The zero-order chi connectivity index (χ0) is 9.62. The van der Waals surface area contributed by atoms with Gasteiger partial charge in [-0.2, -0.15) is 0 Å². The predicted molar refractivity (Wildman–Crippen MR) is 41.7 cm³/mol. The van der Waals surface area contributed by atoms with E-state index in [0.29, 0.717) is 0 Å². The van der Waals surface area contributed by atoms with Gasteiger partial charge in [-0.05, 0) is 0 Å². The summed E-state index contributed by atoms with van der Waals surface area (Å²) in [6.07, 6.45) is -0.321. The van der Waals surface area contributed by atoms with Gasteiger partial charge in [-0.1, -0.05) is 0 Å². The molecule has 12 heavy (non-hydrogen) atoms. The van der Waals surface area contributed by atoms with Gasteiger partial charge < -0.3 is 0 Å². The van der Waals surface area contributed by atoms with Gasteiger partial charge >= 0.3 is 69.5 Å². The first-order valence-electron chi connectivity index (χ1n) is 3.20. The van der Waals surface area contributed by atoms with E-state index in [1.807, 2.05) is 0 Å². The number of rotatable bonds is 3. The van der Waals surface area contributed by atoms with Gasteiger partial charge in [-0.25, -0.2) is 0 Å². The van der Waals surface area contributed by atoms with Gasteiger partial charge in [0.1, 0.15) is 0 Å². The Labute approximate surface area is 70.2 Å². The van der Waals surface area contributed by atoms with Crippen LogP contribution in [0.5, 0.6) is 0 Å². The van der Waals surface area contributed by atoms with Crippen molar-refractivity contribution in [2.24, 2.45) is 0 Å². The van der Waals surface area contributed by atoms with Gasteiger partial charge in [-0.15, -0.1) is 0 Å². The molecule has 74 valence electrons. The van der Waals surface area contributed by atoms with E-state index in [2.05, 4.69) is 9.35 Å². The molecule has 1 aliphatic rings. The summed E-state index contributed by atoms with van der Waals surface area (Å²) in [7, 11) is -7.95. The van der Waals surface area contributed by atoms with Crippen molar-refractivity contribution < 1.29 is 26.5 Å². The Kier molecular flexibility index (Phi) is 2.22. The molecule has 0 amide bonds. The average Bonchev–Trinajstić information content (AvgIpc) is 2.42. The van der Waals surface area contributed by atoms with Crippen LogP contribution in [0.1, 0.15) is 13.8 Å². The average molecular weight is 220 g/mol. The van der Waals surface area contributed by atoms with Crippen molar-refractivity contribution in [3.8, 4) is 0 Å². The third-order valence-corrected chi connectivity index (χ3v) is 5.19. The van der Waals surface area contributed by atoms with Crippen molar-refractivity contribution in [1.29, 1.82) is 0 Å². The molecule has 5 nitrogen and oxygen atoms in total. The van der Waals surface area contributed by atoms with Gasteiger partial charge in [0.2, 0.25) is 0 Å². The Morgan fingerprint density at radius 1 is 1.50 bits per heavy atom. The molecule has 0 saturated carbocycles. The van der Waals surface area contributed by atoms with Crippen molar-refractivity contribution >= 4 is 18.2 Å². The summed E-state index contributed by atoms with van der Waals surface area (Å²) in [5.41, 5.74) is 0. The van der Waals surface area contributed by atoms with E-state index in [1.165, 1.54) is 13.8 Å². The predicted octanol–water partition coefficient (Wildman–Crippen LogP) is 0.513. The van der Waals surface area contributed by atoms with Crippen LogP contribution in [-0.2, 0) is 19.6 Å². The maximum atomic E-state index is 12.5. The third kappa shape index (κ3) is 2.11. The summed E-state index contributed by atoms with van der Waals surface area (Å²) in [6, 6.07) is 0. The Balaban J connectivity index is 2.73. The van der Waals surface area contributed by atoms with Gasteiger partial charge in [0.15, 0.2) is 0 Å². The Morgan fingerprint density at radius 2 is 1.92 bits per heavy atom. The second-order valence-corrected chi connectivity index (χ2v) is 7.35. The summed E-state index contributed by atoms with van der Waals surface area (Å²) in [5.74, 6) is 0. The number of hydrogen-bond donors (Lipinski definition) is 1. The van der Waals surface area contributed by atoms with Crippen LogP contribution in [0, 0.1) is 0 Å². The standard InChI is InChI=1S/C4H10FO5PS/c1-4(2,12(5,7)8)3-11(6)9-10-11/h6,11H,3H2,1-2H3. The van der Waals surface area contributed by atoms with Crippen molar-refractivity contribution in [3.63, 3.8) is 0 Å². The first-order chi connectivity index (χ1) is 5.16. The van der Waals surface area contributed by atoms with Gasteiger partial charge in [-0.3, -0.25) is 0 Å². The second-order valence-electron chi connectivity index (χ2n) is 3.25. The fourth-order valence-electron chi connectivity index (χ4n) is 0.731. The summed E-state index contributed by atoms with van der Waals surface area (Å²) in [4.78, 5) is 9.09. The van der Waals surface area contributed by atoms with Gasteiger partial charge in [0.05, 0.1) is 0 Å². The summed E-state index contributed by atoms with van der Waals surface area (Å²) >= 11 is 0. The van der Waals surface area contributed by atoms with E-state index in [0.717, 1.165) is 0 Å². The third-order valence-electron chi connectivity index (χ3n) is 1.58. The van der Waals surface area contributed by atoms with E-state index in [1.54, 1.807) is 0 Å². The monoisotopic (exact) mass is 220 g/mol. The molecular formula is C4H10FO5PS. The molecule has 0 unspecified atom stereocenters. The topological polar surface area (TPSA) is 79.4 Å². The fourth-order valence-corrected chi connectivity index (χ4v) is 3.55. The Hall–Kier alpha value is 0.190. The van der Waals surface area contributed by atoms with Crippen LogP contribution in [0.25, 0.3) is 0 Å². The first kappa shape index (κ1) is 10.3. The van der Waals surface area contributed by atoms with E-state index in [4.69, 9.17) is 4.89 Å². The molecule has 1 fully saturated rings. The van der Waals surface area contributed by atoms with Gasteiger partial charge in [0, 0.05) is 0 Å². The van der Waals surface area contributed by atoms with Crippen molar-refractivity contribution in [2.45, 2.75) is 18.6 Å². The van der Waals surface area contributed by atoms with E-state index in [9.17, 15) is 12.3 Å². The maximum absolute atomic E-state index is 12.5. The molecule has 1 aliphatic heterocycles. The molecule has 0 radical (unpaired) electrons. The molecule has 0 aromatic rings. The minimum atomic E-state index is -4.68. The molecule has 0 spiro atoms. The molecule has 1 rings (SSSR count). The fraction of sp³-hybridized carbons (Fsp3) is 1.00. The Morgan fingerprint density at radius 3 is 2.17 bits per heavy atom. The summed E-state index contributed by atoms with van der Waals surface area (Å²) < 4.78 is 40.2. The molecule has 0 atom stereocenters. The van der Waals surface area contributed by atoms with Crippen LogP contribution >= 0.6 is 7.94 Å². The molecule has 0 aromatic carbocycles. The second kappa shape index (κ2) is 2.59. The van der Waals surface area contributed by atoms with Crippen LogP contribution in [0.3, 0.4) is 0 Å². The number of hydrogen-bond acceptors (Lipinski definition) is 5. The normalized spacial score (nSPS) is 25.0. The van der Waals surface area contributed by atoms with Crippen LogP contribution < -0.4 is 0 Å². The molecular weight excluding hydrogens is 210 g/mol. The summed E-state index contributed by atoms with van der Waals surface area (Å²) in [5, 5.41) is 0. The molecule has 1 heterocycles. The Bertz CT molecular complexity index is 282. The molecule has 0 aliphatic carbocycles. The molecule has 1 N–H and O–H groups in total. The van der Waals surface area contributed by atoms with Crippen molar-refractivity contribution in [1.82, 2.24) is 0 Å². The first-order valence-corrected chi connectivity index (χ1v) is 6.55. The van der Waals surface area contributed by atoms with Crippen molar-refractivity contribution in [2.75, 3.05) is 6.16 Å². The molecule has 0 aromatic heterocycles. The van der Waals surface area contributed by atoms with E-state index >= 15 is 0 Å². The zero-order valence-electron chi connectivity index (χ0n) is 6.57. The summed E-state index contributed by atoms with van der Waals surface area (Å²) in [6.45, 7) is 2.33. The van der Waals surface area contributed by atoms with Gasteiger partial charge in [0.25, 0.3) is 0 Å². The zero-order valence-corrected chi connectivity index (χ0v) is 8.39. The van der Waals surface area contributed by atoms with Crippen LogP contribution in [-0.4, -0.2) is 24.2 Å². The number of halogens is 1. The SMILES string of the molecule is CC(C)(C[PH]1(O)OO1)S(=O)(=O)F. The van der Waals surface area contributed by atoms with Crippen LogP contribution in [0.15, 0.2) is 0 Å². The molecule has 8 heteroatoms. The molecule has 0 bridgehead atoms. The quantitative estimate of drug-likeness (QED) is 0.324. The van der Waals surface area contributed by atoms with E-state index < -0.39 is 22.9 Å². The molecule has 1 saturated heterocycles. The minimum absolute atomic E-state index is 0.321. The van der Waals surface area contributed by atoms with E-state index in [-0.39, 0.29) is 6.16 Å². The van der Waals surface area contributed by atoms with Crippen LogP contribution in [0.2, 0.25) is 0 Å².